The Morgan fingerprint density at radius 1 is 1.28 bits per heavy atom. The van der Waals surface area contributed by atoms with E-state index in [4.69, 9.17) is 4.42 Å². The molecule has 1 N–H and O–H groups in total. The van der Waals surface area contributed by atoms with Crippen LogP contribution in [0.15, 0.2) is 47.1 Å². The Morgan fingerprint density at radius 3 is 2.68 bits per heavy atom. The summed E-state index contributed by atoms with van der Waals surface area (Å²) in [5.74, 6) is -0.493. The van der Waals surface area contributed by atoms with Gasteiger partial charge in [-0.2, -0.15) is 0 Å². The molecule has 0 saturated carbocycles. The SMILES string of the molecule is COC(=O)c1ccc(N2CC(C(=O)NCc3ccco3)CC2=O)cc1. The van der Waals surface area contributed by atoms with Crippen LogP contribution in [-0.2, 0) is 20.9 Å². The number of carbonyl (C=O) groups excluding carboxylic acids is 3. The number of methoxy groups -OCH3 is 1. The number of ether oxygens (including phenoxy) is 1. The van der Waals surface area contributed by atoms with E-state index in [-0.39, 0.29) is 18.2 Å². The van der Waals surface area contributed by atoms with Gasteiger partial charge in [0.05, 0.1) is 31.4 Å². The lowest BCUT2D eigenvalue weighted by molar-refractivity contribution is -0.126. The molecule has 2 aromatic rings. The van der Waals surface area contributed by atoms with Crippen molar-refractivity contribution in [2.45, 2.75) is 13.0 Å². The van der Waals surface area contributed by atoms with Crippen molar-refractivity contribution in [2.24, 2.45) is 5.92 Å². The maximum Gasteiger partial charge on any atom is 0.337 e. The fourth-order valence-corrected chi connectivity index (χ4v) is 2.76. The summed E-state index contributed by atoms with van der Waals surface area (Å²) in [6.45, 7) is 0.602. The van der Waals surface area contributed by atoms with Crippen LogP contribution < -0.4 is 10.2 Å². The fourth-order valence-electron chi connectivity index (χ4n) is 2.76. The summed E-state index contributed by atoms with van der Waals surface area (Å²) in [6, 6.07) is 10.1. The molecule has 1 aromatic heterocycles. The molecular formula is C18H18N2O5. The Hall–Kier alpha value is -3.09. The lowest BCUT2D eigenvalue weighted by atomic mass is 10.1. The van der Waals surface area contributed by atoms with Crippen molar-refractivity contribution in [3.05, 3.63) is 54.0 Å². The topological polar surface area (TPSA) is 88.8 Å². The third-order valence-corrected chi connectivity index (χ3v) is 4.11. The summed E-state index contributed by atoms with van der Waals surface area (Å²) in [5, 5.41) is 2.78. The molecule has 1 aliphatic heterocycles. The molecule has 130 valence electrons. The van der Waals surface area contributed by atoms with Gasteiger partial charge in [0.1, 0.15) is 5.76 Å². The molecule has 3 rings (SSSR count). The Balaban J connectivity index is 1.61. The molecule has 1 aliphatic rings. The van der Waals surface area contributed by atoms with E-state index in [0.29, 0.717) is 30.1 Å². The zero-order valence-electron chi connectivity index (χ0n) is 13.7. The molecule has 2 heterocycles. The summed E-state index contributed by atoms with van der Waals surface area (Å²) < 4.78 is 9.82. The number of esters is 1. The third kappa shape index (κ3) is 3.71. The van der Waals surface area contributed by atoms with Crippen molar-refractivity contribution in [3.8, 4) is 0 Å². The Morgan fingerprint density at radius 2 is 2.04 bits per heavy atom. The molecular weight excluding hydrogens is 324 g/mol. The van der Waals surface area contributed by atoms with Gasteiger partial charge in [-0.3, -0.25) is 9.59 Å². The molecule has 0 radical (unpaired) electrons. The summed E-state index contributed by atoms with van der Waals surface area (Å²) >= 11 is 0. The highest BCUT2D eigenvalue weighted by Gasteiger charge is 2.35. The second-order valence-electron chi connectivity index (χ2n) is 5.74. The largest absolute Gasteiger partial charge is 0.467 e. The number of furan rings is 1. The number of nitrogens with zero attached hydrogens (tertiary/aromatic N) is 1. The molecule has 1 aromatic carbocycles. The first-order valence-electron chi connectivity index (χ1n) is 7.87. The summed E-state index contributed by atoms with van der Waals surface area (Å²) in [6.07, 6.45) is 1.70. The van der Waals surface area contributed by atoms with Gasteiger partial charge in [-0.1, -0.05) is 0 Å². The van der Waals surface area contributed by atoms with Gasteiger partial charge in [0.2, 0.25) is 11.8 Å². The van der Waals surface area contributed by atoms with Crippen molar-refractivity contribution >= 4 is 23.5 Å². The van der Waals surface area contributed by atoms with E-state index in [2.05, 4.69) is 10.1 Å². The predicted octanol–water partition coefficient (Wildman–Crippen LogP) is 1.74. The van der Waals surface area contributed by atoms with Crippen LogP contribution in [0.3, 0.4) is 0 Å². The number of nitrogens with one attached hydrogen (secondary N) is 1. The van der Waals surface area contributed by atoms with Crippen LogP contribution in [0, 0.1) is 5.92 Å². The first-order valence-corrected chi connectivity index (χ1v) is 7.87. The molecule has 2 amide bonds. The normalized spacial score (nSPS) is 16.8. The zero-order valence-corrected chi connectivity index (χ0v) is 13.7. The van der Waals surface area contributed by atoms with Crippen LogP contribution in [0.25, 0.3) is 0 Å². The number of anilines is 1. The molecule has 0 bridgehead atoms. The van der Waals surface area contributed by atoms with E-state index in [1.807, 2.05) is 0 Å². The quantitative estimate of drug-likeness (QED) is 0.836. The first-order chi connectivity index (χ1) is 12.1. The Labute approximate surface area is 144 Å². The minimum Gasteiger partial charge on any atom is -0.467 e. The molecule has 0 spiro atoms. The average Bonchev–Trinajstić information content (AvgIpc) is 3.28. The average molecular weight is 342 g/mol. The summed E-state index contributed by atoms with van der Waals surface area (Å²) in [7, 11) is 1.31. The maximum absolute atomic E-state index is 12.3. The van der Waals surface area contributed by atoms with E-state index < -0.39 is 11.9 Å². The number of rotatable bonds is 5. The Kier molecular flexibility index (Phi) is 4.83. The monoisotopic (exact) mass is 342 g/mol. The van der Waals surface area contributed by atoms with E-state index >= 15 is 0 Å². The van der Waals surface area contributed by atoms with Crippen molar-refractivity contribution in [1.82, 2.24) is 5.32 Å². The van der Waals surface area contributed by atoms with Crippen LogP contribution in [0.4, 0.5) is 5.69 Å². The molecule has 7 heteroatoms. The highest BCUT2D eigenvalue weighted by molar-refractivity contribution is 6.00. The number of hydrogen-bond acceptors (Lipinski definition) is 5. The van der Waals surface area contributed by atoms with Crippen molar-refractivity contribution in [2.75, 3.05) is 18.6 Å². The third-order valence-electron chi connectivity index (χ3n) is 4.11. The molecule has 25 heavy (non-hydrogen) atoms. The smallest absolute Gasteiger partial charge is 0.337 e. The van der Waals surface area contributed by atoms with Crippen LogP contribution in [0.1, 0.15) is 22.5 Å². The fraction of sp³-hybridized carbons (Fsp3) is 0.278. The van der Waals surface area contributed by atoms with Gasteiger partial charge in [-0.15, -0.1) is 0 Å². The molecule has 7 nitrogen and oxygen atoms in total. The van der Waals surface area contributed by atoms with Crippen LogP contribution in [0.5, 0.6) is 0 Å². The minimum atomic E-state index is -0.436. The van der Waals surface area contributed by atoms with Gasteiger partial charge in [0, 0.05) is 18.7 Å². The molecule has 1 fully saturated rings. The van der Waals surface area contributed by atoms with Crippen LogP contribution >= 0.6 is 0 Å². The zero-order chi connectivity index (χ0) is 17.8. The molecule has 1 atom stereocenters. The second-order valence-corrected chi connectivity index (χ2v) is 5.74. The molecule has 1 unspecified atom stereocenters. The maximum atomic E-state index is 12.3. The molecule has 1 saturated heterocycles. The van der Waals surface area contributed by atoms with Crippen LogP contribution in [-0.4, -0.2) is 31.4 Å². The second kappa shape index (κ2) is 7.21. The van der Waals surface area contributed by atoms with Gasteiger partial charge < -0.3 is 19.4 Å². The van der Waals surface area contributed by atoms with Crippen molar-refractivity contribution < 1.29 is 23.5 Å². The highest BCUT2D eigenvalue weighted by atomic mass is 16.5. The standard InChI is InChI=1S/C18H18N2O5/c1-24-18(23)12-4-6-14(7-5-12)20-11-13(9-16(20)21)17(22)19-10-15-3-2-8-25-15/h2-8,13H,9-11H2,1H3,(H,19,22). The van der Waals surface area contributed by atoms with Gasteiger partial charge in [0.15, 0.2) is 0 Å². The van der Waals surface area contributed by atoms with E-state index in [1.165, 1.54) is 7.11 Å². The van der Waals surface area contributed by atoms with Crippen LogP contribution in [0.2, 0.25) is 0 Å². The van der Waals surface area contributed by atoms with E-state index in [1.54, 1.807) is 47.6 Å². The van der Waals surface area contributed by atoms with E-state index in [9.17, 15) is 14.4 Å². The predicted molar refractivity (Wildman–Crippen MR) is 88.8 cm³/mol. The van der Waals surface area contributed by atoms with E-state index in [0.717, 1.165) is 0 Å². The van der Waals surface area contributed by atoms with Gasteiger partial charge in [0.25, 0.3) is 0 Å². The minimum absolute atomic E-state index is 0.121. The van der Waals surface area contributed by atoms with Crippen molar-refractivity contribution in [1.29, 1.82) is 0 Å². The summed E-state index contributed by atoms with van der Waals surface area (Å²) in [5.41, 5.74) is 1.06. The lowest BCUT2D eigenvalue weighted by Crippen LogP contribution is -2.32. The highest BCUT2D eigenvalue weighted by Crippen LogP contribution is 2.25. The number of carbonyl (C=O) groups is 3. The van der Waals surface area contributed by atoms with Gasteiger partial charge in [-0.05, 0) is 36.4 Å². The number of hydrogen-bond donors (Lipinski definition) is 1. The van der Waals surface area contributed by atoms with Gasteiger partial charge in [-0.25, -0.2) is 4.79 Å². The van der Waals surface area contributed by atoms with Gasteiger partial charge >= 0.3 is 5.97 Å². The first kappa shape index (κ1) is 16.8. The number of benzene rings is 1. The lowest BCUT2D eigenvalue weighted by Gasteiger charge is -2.17. The number of amides is 2. The van der Waals surface area contributed by atoms with Crippen molar-refractivity contribution in [3.63, 3.8) is 0 Å². The molecule has 0 aliphatic carbocycles. The Bertz CT molecular complexity index is 767. The summed E-state index contributed by atoms with van der Waals surface area (Å²) in [4.78, 5) is 37.5.